The van der Waals surface area contributed by atoms with Crippen molar-refractivity contribution >= 4 is 22.9 Å². The molecule has 0 saturated heterocycles. The summed E-state index contributed by atoms with van der Waals surface area (Å²) in [6.45, 7) is 0.985. The summed E-state index contributed by atoms with van der Waals surface area (Å²) >= 11 is 0. The summed E-state index contributed by atoms with van der Waals surface area (Å²) in [6.07, 6.45) is 0.376. The van der Waals surface area contributed by atoms with E-state index < -0.39 is 11.7 Å². The van der Waals surface area contributed by atoms with E-state index in [1.807, 2.05) is 10.6 Å². The van der Waals surface area contributed by atoms with Crippen LogP contribution in [0.25, 0.3) is 11.2 Å². The third-order valence-electron chi connectivity index (χ3n) is 5.62. The Hall–Kier alpha value is -3.35. The number of hydrogen-bond donors (Lipinski definition) is 2. The Labute approximate surface area is 177 Å². The maximum atomic E-state index is 12.9. The minimum atomic E-state index is -4.38. The van der Waals surface area contributed by atoms with E-state index in [-0.39, 0.29) is 12.4 Å². The highest BCUT2D eigenvalue weighted by Crippen LogP contribution is 2.31. The highest BCUT2D eigenvalue weighted by molar-refractivity contribution is 5.86. The molecular formula is C21H22F3N7. The molecule has 1 aromatic carbocycles. The maximum Gasteiger partial charge on any atom is 0.416 e. The fraction of sp³-hybridized carbons (Fsp3) is 0.429. The minimum Gasteiger partial charge on any atom is -0.368 e. The van der Waals surface area contributed by atoms with Gasteiger partial charge in [0.25, 0.3) is 0 Å². The molecule has 10 heteroatoms. The van der Waals surface area contributed by atoms with Crippen LogP contribution in [-0.2, 0) is 12.7 Å². The van der Waals surface area contributed by atoms with Gasteiger partial charge >= 0.3 is 6.18 Å². The fourth-order valence-electron chi connectivity index (χ4n) is 3.71. The van der Waals surface area contributed by atoms with Crippen molar-refractivity contribution in [2.75, 3.05) is 24.2 Å². The van der Waals surface area contributed by atoms with Crippen LogP contribution < -0.4 is 10.6 Å². The molecule has 0 radical (unpaired) electrons. The van der Waals surface area contributed by atoms with Gasteiger partial charge in [0.05, 0.1) is 12.1 Å². The molecule has 162 valence electrons. The standard InChI is InChI=1S/C21H22F3N7/c1-26-20-30-19-17(31(20)12-14-5-7-15(8-6-14)21(22,23)24)18(28-16(11-25)29-19)27-10-9-13-3-2-4-13/h5-8,13H,2-4,9-10,12H2,1H3,(H2,26,27,28,29,30). The van der Waals surface area contributed by atoms with Crippen molar-refractivity contribution in [2.24, 2.45) is 5.92 Å². The summed E-state index contributed by atoms with van der Waals surface area (Å²) in [7, 11) is 1.70. The number of fused-ring (bicyclic) bond motifs is 1. The average Bonchev–Trinajstić information content (AvgIpc) is 3.06. The van der Waals surface area contributed by atoms with Gasteiger partial charge in [0.2, 0.25) is 11.8 Å². The first-order valence-electron chi connectivity index (χ1n) is 10.1. The normalized spacial score (nSPS) is 14.3. The second-order valence-electron chi connectivity index (χ2n) is 7.66. The number of benzene rings is 1. The van der Waals surface area contributed by atoms with E-state index in [2.05, 4.69) is 25.6 Å². The summed E-state index contributed by atoms with van der Waals surface area (Å²) in [4.78, 5) is 13.0. The Morgan fingerprint density at radius 2 is 1.90 bits per heavy atom. The largest absolute Gasteiger partial charge is 0.416 e. The van der Waals surface area contributed by atoms with Crippen LogP contribution in [0.1, 0.15) is 42.6 Å². The van der Waals surface area contributed by atoms with E-state index in [1.165, 1.54) is 31.4 Å². The zero-order valence-electron chi connectivity index (χ0n) is 17.0. The van der Waals surface area contributed by atoms with Crippen LogP contribution in [0.15, 0.2) is 24.3 Å². The molecule has 0 bridgehead atoms. The van der Waals surface area contributed by atoms with Crippen LogP contribution in [0.3, 0.4) is 0 Å². The van der Waals surface area contributed by atoms with Crippen LogP contribution in [0.2, 0.25) is 0 Å². The highest BCUT2D eigenvalue weighted by atomic mass is 19.4. The SMILES string of the molecule is CNc1nc2nc(C#N)nc(NCCC3CCC3)c2n1Cc1ccc(C(F)(F)F)cc1. The van der Waals surface area contributed by atoms with Crippen LogP contribution in [0, 0.1) is 17.2 Å². The minimum absolute atomic E-state index is 0.0143. The molecule has 0 amide bonds. The monoisotopic (exact) mass is 429 g/mol. The first-order valence-corrected chi connectivity index (χ1v) is 10.1. The lowest BCUT2D eigenvalue weighted by Gasteiger charge is -2.25. The Bertz CT molecular complexity index is 1110. The Morgan fingerprint density at radius 1 is 1.16 bits per heavy atom. The molecule has 0 aliphatic heterocycles. The number of imidazole rings is 1. The van der Waals surface area contributed by atoms with Crippen molar-refractivity contribution in [3.8, 4) is 6.07 Å². The molecule has 0 atom stereocenters. The van der Waals surface area contributed by atoms with Crippen molar-refractivity contribution in [3.05, 3.63) is 41.2 Å². The van der Waals surface area contributed by atoms with Gasteiger partial charge in [-0.05, 0) is 30.0 Å². The van der Waals surface area contributed by atoms with Crippen molar-refractivity contribution < 1.29 is 13.2 Å². The maximum absolute atomic E-state index is 12.9. The molecule has 2 N–H and O–H groups in total. The molecule has 3 aromatic rings. The van der Waals surface area contributed by atoms with Gasteiger partial charge in [0.15, 0.2) is 11.5 Å². The van der Waals surface area contributed by atoms with Crippen molar-refractivity contribution in [2.45, 2.75) is 38.4 Å². The number of nitriles is 1. The second-order valence-corrected chi connectivity index (χ2v) is 7.66. The summed E-state index contributed by atoms with van der Waals surface area (Å²) in [5.41, 5.74) is 0.945. The fourth-order valence-corrected chi connectivity index (χ4v) is 3.71. The van der Waals surface area contributed by atoms with Crippen LogP contribution in [0.5, 0.6) is 0 Å². The number of alkyl halides is 3. The second kappa shape index (κ2) is 8.41. The van der Waals surface area contributed by atoms with Gasteiger partial charge in [-0.2, -0.15) is 33.4 Å². The molecule has 0 spiro atoms. The zero-order valence-corrected chi connectivity index (χ0v) is 17.0. The van der Waals surface area contributed by atoms with E-state index in [9.17, 15) is 18.4 Å². The Balaban J connectivity index is 1.68. The smallest absolute Gasteiger partial charge is 0.368 e. The molecule has 1 saturated carbocycles. The highest BCUT2D eigenvalue weighted by Gasteiger charge is 2.30. The van der Waals surface area contributed by atoms with Crippen LogP contribution in [-0.4, -0.2) is 33.1 Å². The molecule has 1 aliphatic carbocycles. The average molecular weight is 429 g/mol. The van der Waals surface area contributed by atoms with Gasteiger partial charge in [-0.1, -0.05) is 31.4 Å². The van der Waals surface area contributed by atoms with E-state index in [1.54, 1.807) is 7.05 Å². The molecule has 2 aromatic heterocycles. The van der Waals surface area contributed by atoms with Gasteiger partial charge in [-0.15, -0.1) is 0 Å². The summed E-state index contributed by atoms with van der Waals surface area (Å²) in [6, 6.07) is 6.98. The first kappa shape index (κ1) is 20.9. The number of aromatic nitrogens is 4. The van der Waals surface area contributed by atoms with Gasteiger partial charge in [-0.25, -0.2) is 0 Å². The number of nitrogens with zero attached hydrogens (tertiary/aromatic N) is 5. The zero-order chi connectivity index (χ0) is 22.0. The van der Waals surface area contributed by atoms with Crippen LogP contribution >= 0.6 is 0 Å². The van der Waals surface area contributed by atoms with E-state index in [0.29, 0.717) is 41.0 Å². The number of rotatable bonds is 7. The molecule has 2 heterocycles. The third-order valence-corrected chi connectivity index (χ3v) is 5.62. The molecule has 31 heavy (non-hydrogen) atoms. The van der Waals surface area contributed by atoms with E-state index in [4.69, 9.17) is 0 Å². The molecule has 1 fully saturated rings. The van der Waals surface area contributed by atoms with Crippen LogP contribution in [0.4, 0.5) is 24.9 Å². The topological polar surface area (TPSA) is 91.5 Å². The summed E-state index contributed by atoms with van der Waals surface area (Å²) in [5, 5.41) is 15.6. The molecule has 4 rings (SSSR count). The predicted octanol–water partition coefficient (Wildman–Crippen LogP) is 4.41. The number of anilines is 2. The van der Waals surface area contributed by atoms with Crippen molar-refractivity contribution in [1.29, 1.82) is 5.26 Å². The predicted molar refractivity (Wildman–Crippen MR) is 111 cm³/mol. The Morgan fingerprint density at radius 3 is 2.48 bits per heavy atom. The molecular weight excluding hydrogens is 407 g/mol. The van der Waals surface area contributed by atoms with Gasteiger partial charge in [0, 0.05) is 13.6 Å². The molecule has 1 aliphatic rings. The van der Waals surface area contributed by atoms with Crippen molar-refractivity contribution in [3.63, 3.8) is 0 Å². The quantitative estimate of drug-likeness (QED) is 0.578. The summed E-state index contributed by atoms with van der Waals surface area (Å²) in [5.74, 6) is 1.72. The van der Waals surface area contributed by atoms with E-state index in [0.717, 1.165) is 18.6 Å². The van der Waals surface area contributed by atoms with Gasteiger partial charge < -0.3 is 15.2 Å². The first-order chi connectivity index (χ1) is 14.9. The number of halogens is 3. The molecule has 7 nitrogen and oxygen atoms in total. The lowest BCUT2D eigenvalue weighted by atomic mass is 9.83. The lowest BCUT2D eigenvalue weighted by molar-refractivity contribution is -0.137. The van der Waals surface area contributed by atoms with Gasteiger partial charge in [0.1, 0.15) is 11.6 Å². The summed E-state index contributed by atoms with van der Waals surface area (Å²) < 4.78 is 40.4. The lowest BCUT2D eigenvalue weighted by Crippen LogP contribution is -2.17. The third kappa shape index (κ3) is 4.40. The molecule has 0 unspecified atom stereocenters. The Kier molecular flexibility index (Phi) is 5.67. The number of nitrogens with one attached hydrogen (secondary N) is 2. The van der Waals surface area contributed by atoms with Gasteiger partial charge in [-0.3, -0.25) is 0 Å². The van der Waals surface area contributed by atoms with E-state index >= 15 is 0 Å². The van der Waals surface area contributed by atoms with Crippen molar-refractivity contribution in [1.82, 2.24) is 19.5 Å². The number of hydrogen-bond acceptors (Lipinski definition) is 6.